The van der Waals surface area contributed by atoms with Crippen LogP contribution in [0.3, 0.4) is 0 Å². The third-order valence-corrected chi connectivity index (χ3v) is 6.35. The molecular weight excluding hydrogens is 502 g/mol. The molecule has 0 unspecified atom stereocenters. The van der Waals surface area contributed by atoms with Crippen LogP contribution in [0.25, 0.3) is 33.1 Å². The van der Waals surface area contributed by atoms with Crippen LogP contribution in [-0.4, -0.2) is 38.3 Å². The Morgan fingerprint density at radius 2 is 2.21 bits per heavy atom. The predicted molar refractivity (Wildman–Crippen MR) is 125 cm³/mol. The van der Waals surface area contributed by atoms with Crippen molar-refractivity contribution in [3.05, 3.63) is 73.0 Å². The van der Waals surface area contributed by atoms with Gasteiger partial charge in [-0.1, -0.05) is 12.1 Å². The molecule has 0 fully saturated rings. The monoisotopic (exact) mass is 518 g/mol. The molecule has 0 spiro atoms. The Bertz CT molecular complexity index is 1260. The standard InChI is InChI=1S/C21H16FIN4OS/c1-3-7-26(2)21(28)15-9-16-17(12-27(29-23)20(16)25-11-15)14-8-13-5-4-6-24-19(13)18(22)10-14/h3-6,8-12H,1,7H2,2H3. The lowest BCUT2D eigenvalue weighted by atomic mass is 10.0. The molecule has 0 saturated carbocycles. The van der Waals surface area contributed by atoms with E-state index in [2.05, 4.69) is 37.8 Å². The average molecular weight is 518 g/mol. The minimum atomic E-state index is -0.382. The maximum Gasteiger partial charge on any atom is 0.255 e. The number of pyridine rings is 2. The lowest BCUT2D eigenvalue weighted by Crippen LogP contribution is -2.26. The van der Waals surface area contributed by atoms with Crippen LogP contribution in [-0.2, 0) is 0 Å². The number of rotatable bonds is 5. The highest BCUT2D eigenvalue weighted by molar-refractivity contribution is 14.2. The van der Waals surface area contributed by atoms with Gasteiger partial charge in [-0.25, -0.2) is 9.37 Å². The number of hydrogen-bond donors (Lipinski definition) is 0. The summed E-state index contributed by atoms with van der Waals surface area (Å²) in [5.41, 5.74) is 3.05. The molecule has 0 aliphatic heterocycles. The third kappa shape index (κ3) is 3.62. The first-order chi connectivity index (χ1) is 14.0. The number of halogens is 2. The van der Waals surface area contributed by atoms with E-state index in [1.807, 2.05) is 28.4 Å². The molecule has 29 heavy (non-hydrogen) atoms. The van der Waals surface area contributed by atoms with E-state index in [-0.39, 0.29) is 11.7 Å². The Kier molecular flexibility index (Phi) is 5.55. The van der Waals surface area contributed by atoms with Crippen molar-refractivity contribution in [2.24, 2.45) is 0 Å². The van der Waals surface area contributed by atoms with Gasteiger partial charge in [-0.2, -0.15) is 0 Å². The zero-order valence-corrected chi connectivity index (χ0v) is 18.4. The first kappa shape index (κ1) is 19.8. The number of nitrogens with zero attached hydrogens (tertiary/aromatic N) is 4. The van der Waals surface area contributed by atoms with Crippen molar-refractivity contribution in [3.63, 3.8) is 0 Å². The number of likely N-dealkylation sites (N-methyl/N-ethyl adjacent to an activating group) is 1. The summed E-state index contributed by atoms with van der Waals surface area (Å²) >= 11 is 2.17. The van der Waals surface area contributed by atoms with Crippen molar-refractivity contribution in [1.82, 2.24) is 18.8 Å². The van der Waals surface area contributed by atoms with Crippen molar-refractivity contribution in [2.75, 3.05) is 13.6 Å². The van der Waals surface area contributed by atoms with Gasteiger partial charge in [-0.15, -0.1) is 6.58 Å². The van der Waals surface area contributed by atoms with Crippen LogP contribution in [0.15, 0.2) is 61.6 Å². The van der Waals surface area contributed by atoms with E-state index in [0.717, 1.165) is 16.3 Å². The first-order valence-corrected chi connectivity index (χ1v) is 12.1. The average Bonchev–Trinajstić information content (AvgIpc) is 3.11. The third-order valence-electron chi connectivity index (χ3n) is 4.65. The molecule has 3 aromatic heterocycles. The normalized spacial score (nSPS) is 11.1. The van der Waals surface area contributed by atoms with Gasteiger partial charge >= 0.3 is 0 Å². The molecule has 0 aliphatic carbocycles. The van der Waals surface area contributed by atoms with Crippen molar-refractivity contribution >= 4 is 58.2 Å². The van der Waals surface area contributed by atoms with E-state index >= 15 is 0 Å². The van der Waals surface area contributed by atoms with Gasteiger partial charge in [0.05, 0.1) is 5.56 Å². The number of benzene rings is 1. The molecule has 0 aliphatic rings. The van der Waals surface area contributed by atoms with Crippen LogP contribution in [0.2, 0.25) is 0 Å². The summed E-state index contributed by atoms with van der Waals surface area (Å²) in [6.07, 6.45) is 6.73. The van der Waals surface area contributed by atoms with Crippen LogP contribution < -0.4 is 0 Å². The second-order valence-corrected chi connectivity index (χ2v) is 8.25. The van der Waals surface area contributed by atoms with Gasteiger partial charge in [0.1, 0.15) is 11.3 Å². The number of carbonyl (C=O) groups excluding carboxylic acids is 1. The Hall–Kier alpha value is -2.46. The quantitative estimate of drug-likeness (QED) is 0.259. The van der Waals surface area contributed by atoms with Crippen molar-refractivity contribution in [2.45, 2.75) is 0 Å². The lowest BCUT2D eigenvalue weighted by Gasteiger charge is -2.14. The number of aromatic nitrogens is 3. The van der Waals surface area contributed by atoms with Gasteiger partial charge in [0, 0.05) is 78.8 Å². The molecule has 8 heteroatoms. The topological polar surface area (TPSA) is 51.0 Å². The number of hydrogen-bond acceptors (Lipinski definition) is 4. The molecule has 0 radical (unpaired) electrons. The van der Waals surface area contributed by atoms with Gasteiger partial charge in [0.2, 0.25) is 0 Å². The molecule has 4 rings (SSSR count). The Morgan fingerprint density at radius 3 is 2.97 bits per heavy atom. The molecule has 5 nitrogen and oxygen atoms in total. The van der Waals surface area contributed by atoms with Crippen LogP contribution in [0, 0.1) is 5.82 Å². The van der Waals surface area contributed by atoms with E-state index in [9.17, 15) is 9.18 Å². The van der Waals surface area contributed by atoms with E-state index in [4.69, 9.17) is 0 Å². The number of carbonyl (C=O) groups is 1. The first-order valence-electron chi connectivity index (χ1n) is 8.74. The Labute approximate surface area is 183 Å². The van der Waals surface area contributed by atoms with Gasteiger partial charge < -0.3 is 4.90 Å². The zero-order chi connectivity index (χ0) is 20.5. The second kappa shape index (κ2) is 8.11. The van der Waals surface area contributed by atoms with E-state index in [1.165, 1.54) is 15.2 Å². The largest absolute Gasteiger partial charge is 0.338 e. The molecule has 0 N–H and O–H groups in total. The highest BCUT2D eigenvalue weighted by atomic mass is 127. The summed E-state index contributed by atoms with van der Waals surface area (Å²) in [7, 11) is 3.17. The smallest absolute Gasteiger partial charge is 0.255 e. The zero-order valence-electron chi connectivity index (χ0n) is 15.5. The van der Waals surface area contributed by atoms with Gasteiger partial charge in [-0.3, -0.25) is 13.8 Å². The minimum absolute atomic E-state index is 0.144. The predicted octanol–water partition coefficient (Wildman–Crippen LogP) is 5.49. The van der Waals surface area contributed by atoms with Crippen LogP contribution >= 0.6 is 30.3 Å². The fraction of sp³-hybridized carbons (Fsp3) is 0.0952. The minimum Gasteiger partial charge on any atom is -0.338 e. The maximum absolute atomic E-state index is 14.7. The molecule has 4 aromatic rings. The number of amides is 1. The summed E-state index contributed by atoms with van der Waals surface area (Å²) in [5.74, 6) is -0.527. The molecule has 1 amide bonds. The number of fused-ring (bicyclic) bond motifs is 2. The molecule has 0 saturated heterocycles. The van der Waals surface area contributed by atoms with Crippen LogP contribution in [0.5, 0.6) is 0 Å². The lowest BCUT2D eigenvalue weighted by molar-refractivity contribution is 0.0810. The second-order valence-electron chi connectivity index (χ2n) is 6.54. The van der Waals surface area contributed by atoms with Gasteiger partial charge in [-0.05, 0) is 29.8 Å². The summed E-state index contributed by atoms with van der Waals surface area (Å²) in [5, 5.41) is 1.51. The van der Waals surface area contributed by atoms with Gasteiger partial charge in [0.25, 0.3) is 5.91 Å². The van der Waals surface area contributed by atoms with E-state index < -0.39 is 0 Å². The maximum atomic E-state index is 14.7. The molecular formula is C21H16FIN4OS. The molecule has 3 heterocycles. The molecule has 0 bridgehead atoms. The summed E-state index contributed by atoms with van der Waals surface area (Å²) in [6.45, 7) is 4.11. The van der Waals surface area contributed by atoms with Crippen molar-refractivity contribution in [3.8, 4) is 11.1 Å². The van der Waals surface area contributed by atoms with E-state index in [1.54, 1.807) is 36.5 Å². The molecule has 146 valence electrons. The summed E-state index contributed by atoms with van der Waals surface area (Å²) < 4.78 is 16.6. The fourth-order valence-corrected chi connectivity index (χ4v) is 4.54. The van der Waals surface area contributed by atoms with Crippen LogP contribution in [0.4, 0.5) is 4.39 Å². The van der Waals surface area contributed by atoms with Crippen LogP contribution in [0.1, 0.15) is 10.4 Å². The fourth-order valence-electron chi connectivity index (χ4n) is 3.28. The summed E-state index contributed by atoms with van der Waals surface area (Å²) in [4.78, 5) is 22.9. The Morgan fingerprint density at radius 1 is 1.38 bits per heavy atom. The SMILES string of the molecule is C=CCN(C)C(=O)c1cnc2c(c1)c(-c1cc(F)c3ncccc3c1)cn2SI. The summed E-state index contributed by atoms with van der Waals surface area (Å²) in [6, 6.07) is 8.81. The molecule has 0 atom stereocenters. The van der Waals surface area contributed by atoms with Crippen molar-refractivity contribution in [1.29, 1.82) is 0 Å². The molecule has 1 aromatic carbocycles. The van der Waals surface area contributed by atoms with Gasteiger partial charge in [0.15, 0.2) is 5.65 Å². The Balaban J connectivity index is 1.91. The highest BCUT2D eigenvalue weighted by Crippen LogP contribution is 2.36. The van der Waals surface area contributed by atoms with Crippen molar-refractivity contribution < 1.29 is 9.18 Å². The highest BCUT2D eigenvalue weighted by Gasteiger charge is 2.18. The van der Waals surface area contributed by atoms with E-state index in [0.29, 0.717) is 28.8 Å².